The van der Waals surface area contributed by atoms with Crippen molar-refractivity contribution in [2.45, 2.75) is 76.5 Å². The standard InChI is InChI=1S/C18H36N4O4/c1-3-11(17(23)24)14(20)9-22(16-8-6-5-7-13(16)19)10-15(21)12(4-2)18(25)26/h11-16H,3-10,19-21H2,1-2H3,(H,23,24)(H,25,26). The van der Waals surface area contributed by atoms with Crippen LogP contribution >= 0.6 is 0 Å². The second kappa shape index (κ2) is 10.8. The van der Waals surface area contributed by atoms with Crippen molar-refractivity contribution in [2.75, 3.05) is 13.1 Å². The van der Waals surface area contributed by atoms with E-state index in [0.29, 0.717) is 25.9 Å². The van der Waals surface area contributed by atoms with Gasteiger partial charge in [-0.25, -0.2) is 0 Å². The number of carboxylic acids is 2. The van der Waals surface area contributed by atoms with E-state index >= 15 is 0 Å². The molecular weight excluding hydrogens is 336 g/mol. The van der Waals surface area contributed by atoms with E-state index in [1.165, 1.54) is 0 Å². The molecule has 8 nitrogen and oxygen atoms in total. The van der Waals surface area contributed by atoms with E-state index < -0.39 is 35.9 Å². The highest BCUT2D eigenvalue weighted by Gasteiger charge is 2.34. The van der Waals surface area contributed by atoms with Crippen molar-refractivity contribution < 1.29 is 19.8 Å². The van der Waals surface area contributed by atoms with Crippen molar-refractivity contribution in [1.29, 1.82) is 0 Å². The Morgan fingerprint density at radius 2 is 1.38 bits per heavy atom. The van der Waals surface area contributed by atoms with Gasteiger partial charge in [-0.15, -0.1) is 0 Å². The van der Waals surface area contributed by atoms with E-state index in [1.807, 2.05) is 0 Å². The zero-order chi connectivity index (χ0) is 19.9. The van der Waals surface area contributed by atoms with Gasteiger partial charge in [0.15, 0.2) is 0 Å². The highest BCUT2D eigenvalue weighted by atomic mass is 16.4. The van der Waals surface area contributed by atoms with Gasteiger partial charge in [0.25, 0.3) is 0 Å². The Labute approximate surface area is 156 Å². The summed E-state index contributed by atoms with van der Waals surface area (Å²) in [7, 11) is 0. The number of carboxylic acid groups (broad SMARTS) is 2. The largest absolute Gasteiger partial charge is 0.481 e. The van der Waals surface area contributed by atoms with E-state index in [2.05, 4.69) is 4.90 Å². The predicted octanol–water partition coefficient (Wildman–Crippen LogP) is 0.435. The van der Waals surface area contributed by atoms with Gasteiger partial charge in [-0.3, -0.25) is 14.5 Å². The van der Waals surface area contributed by atoms with Crippen LogP contribution in [0.4, 0.5) is 0 Å². The van der Waals surface area contributed by atoms with Crippen LogP contribution in [0.1, 0.15) is 52.4 Å². The fourth-order valence-electron chi connectivity index (χ4n) is 4.06. The van der Waals surface area contributed by atoms with Crippen LogP contribution in [-0.4, -0.2) is 64.3 Å². The third-order valence-electron chi connectivity index (χ3n) is 5.69. The minimum absolute atomic E-state index is 0.0297. The Morgan fingerprint density at radius 1 is 0.962 bits per heavy atom. The number of aliphatic carboxylic acids is 2. The molecule has 0 aromatic carbocycles. The van der Waals surface area contributed by atoms with Crippen LogP contribution in [0.25, 0.3) is 0 Å². The molecule has 0 saturated heterocycles. The van der Waals surface area contributed by atoms with Crippen molar-refractivity contribution in [2.24, 2.45) is 29.0 Å². The molecule has 26 heavy (non-hydrogen) atoms. The fraction of sp³-hybridized carbons (Fsp3) is 0.889. The summed E-state index contributed by atoms with van der Waals surface area (Å²) < 4.78 is 0. The Morgan fingerprint density at radius 3 is 1.73 bits per heavy atom. The predicted molar refractivity (Wildman–Crippen MR) is 101 cm³/mol. The number of nitrogens with zero attached hydrogens (tertiary/aromatic N) is 1. The minimum Gasteiger partial charge on any atom is -0.481 e. The highest BCUT2D eigenvalue weighted by Crippen LogP contribution is 2.24. The van der Waals surface area contributed by atoms with Gasteiger partial charge in [-0.2, -0.15) is 0 Å². The molecule has 0 aliphatic heterocycles. The van der Waals surface area contributed by atoms with Gasteiger partial charge in [0.1, 0.15) is 0 Å². The van der Waals surface area contributed by atoms with Crippen LogP contribution in [0.2, 0.25) is 0 Å². The number of carbonyl (C=O) groups is 2. The van der Waals surface area contributed by atoms with Crippen LogP contribution < -0.4 is 17.2 Å². The van der Waals surface area contributed by atoms with Gasteiger partial charge >= 0.3 is 11.9 Å². The van der Waals surface area contributed by atoms with Crippen LogP contribution in [0.15, 0.2) is 0 Å². The lowest BCUT2D eigenvalue weighted by Gasteiger charge is -2.41. The molecule has 0 aromatic rings. The van der Waals surface area contributed by atoms with Crippen molar-refractivity contribution in [3.63, 3.8) is 0 Å². The summed E-state index contributed by atoms with van der Waals surface area (Å²) in [4.78, 5) is 24.9. The van der Waals surface area contributed by atoms with Crippen molar-refractivity contribution in [3.8, 4) is 0 Å². The average molecular weight is 373 g/mol. The molecule has 1 saturated carbocycles. The third kappa shape index (κ3) is 6.19. The smallest absolute Gasteiger partial charge is 0.308 e. The average Bonchev–Trinajstić information content (AvgIpc) is 2.55. The second-order valence-corrected chi connectivity index (χ2v) is 7.50. The summed E-state index contributed by atoms with van der Waals surface area (Å²) in [6, 6.07) is -1.08. The topological polar surface area (TPSA) is 156 Å². The second-order valence-electron chi connectivity index (χ2n) is 7.50. The van der Waals surface area contributed by atoms with Crippen LogP contribution in [-0.2, 0) is 9.59 Å². The lowest BCUT2D eigenvalue weighted by atomic mass is 9.87. The van der Waals surface area contributed by atoms with Gasteiger partial charge in [0.05, 0.1) is 11.8 Å². The molecule has 6 unspecified atom stereocenters. The van der Waals surface area contributed by atoms with Crippen molar-refractivity contribution >= 4 is 11.9 Å². The van der Waals surface area contributed by atoms with Crippen LogP contribution in [0.5, 0.6) is 0 Å². The maximum Gasteiger partial charge on any atom is 0.308 e. The maximum absolute atomic E-state index is 11.4. The molecule has 0 spiro atoms. The Bertz CT molecular complexity index is 432. The number of rotatable bonds is 11. The molecule has 8 N–H and O–H groups in total. The molecule has 152 valence electrons. The highest BCUT2D eigenvalue weighted by molar-refractivity contribution is 5.71. The molecule has 8 heteroatoms. The third-order valence-corrected chi connectivity index (χ3v) is 5.69. The molecule has 1 aliphatic rings. The quantitative estimate of drug-likeness (QED) is 0.349. The van der Waals surface area contributed by atoms with Crippen LogP contribution in [0.3, 0.4) is 0 Å². The molecule has 0 heterocycles. The first kappa shape index (κ1) is 22.8. The molecule has 6 atom stereocenters. The van der Waals surface area contributed by atoms with Crippen molar-refractivity contribution in [1.82, 2.24) is 4.90 Å². The zero-order valence-electron chi connectivity index (χ0n) is 16.0. The lowest BCUT2D eigenvalue weighted by Crippen LogP contribution is -2.58. The van der Waals surface area contributed by atoms with E-state index in [9.17, 15) is 19.8 Å². The molecule has 1 rings (SSSR count). The van der Waals surface area contributed by atoms with Gasteiger partial charge in [-0.1, -0.05) is 26.7 Å². The first-order valence-electron chi connectivity index (χ1n) is 9.69. The van der Waals surface area contributed by atoms with E-state index in [-0.39, 0.29) is 12.1 Å². The van der Waals surface area contributed by atoms with Gasteiger partial charge in [0.2, 0.25) is 0 Å². The normalized spacial score (nSPS) is 25.5. The minimum atomic E-state index is -0.908. The SMILES string of the molecule is CCC(C(=O)O)C(N)CN(CC(N)C(CC)C(=O)O)C1CCCCC1N. The van der Waals surface area contributed by atoms with E-state index in [4.69, 9.17) is 17.2 Å². The summed E-state index contributed by atoms with van der Waals surface area (Å²) in [6.07, 6.45) is 4.81. The number of hydrogen-bond donors (Lipinski definition) is 5. The molecule has 0 amide bonds. The van der Waals surface area contributed by atoms with Gasteiger partial charge < -0.3 is 27.4 Å². The summed E-state index contributed by atoms with van der Waals surface area (Å²) in [6.45, 7) is 4.32. The van der Waals surface area contributed by atoms with Crippen LogP contribution in [0, 0.1) is 11.8 Å². The first-order chi connectivity index (χ1) is 12.2. The summed E-state index contributed by atoms with van der Waals surface area (Å²) >= 11 is 0. The molecule has 0 aromatic heterocycles. The molecule has 1 aliphatic carbocycles. The van der Waals surface area contributed by atoms with Gasteiger partial charge in [-0.05, 0) is 25.7 Å². The van der Waals surface area contributed by atoms with E-state index in [1.54, 1.807) is 13.8 Å². The first-order valence-corrected chi connectivity index (χ1v) is 9.69. The van der Waals surface area contributed by atoms with Crippen molar-refractivity contribution in [3.05, 3.63) is 0 Å². The molecule has 0 bridgehead atoms. The summed E-state index contributed by atoms with van der Waals surface area (Å²) in [5.41, 5.74) is 18.7. The summed E-state index contributed by atoms with van der Waals surface area (Å²) in [5.74, 6) is -3.10. The Kier molecular flexibility index (Phi) is 9.49. The molecular formula is C18H36N4O4. The molecule has 1 fully saturated rings. The van der Waals surface area contributed by atoms with E-state index in [0.717, 1.165) is 25.7 Å². The fourth-order valence-corrected chi connectivity index (χ4v) is 4.06. The summed E-state index contributed by atoms with van der Waals surface area (Å²) in [5, 5.41) is 18.7. The monoisotopic (exact) mass is 372 g/mol. The Hall–Kier alpha value is -1.22. The number of nitrogens with two attached hydrogens (primary N) is 3. The lowest BCUT2D eigenvalue weighted by molar-refractivity contribution is -0.143. The maximum atomic E-state index is 11.4. The Balaban J connectivity index is 2.94. The molecule has 0 radical (unpaired) electrons. The number of hydrogen-bond acceptors (Lipinski definition) is 6. The van der Waals surface area contributed by atoms with Gasteiger partial charge in [0, 0.05) is 37.3 Å². The zero-order valence-corrected chi connectivity index (χ0v) is 16.0.